The van der Waals surface area contributed by atoms with Gasteiger partial charge in [-0.05, 0) is 6.07 Å². The van der Waals surface area contributed by atoms with Crippen molar-refractivity contribution in [2.45, 2.75) is 13.5 Å². The molecule has 0 fully saturated rings. The molecule has 4 nitrogen and oxygen atoms in total. The molecule has 86 valence electrons. The first-order valence-electron chi connectivity index (χ1n) is 5.39. The van der Waals surface area contributed by atoms with Crippen LogP contribution in [0.1, 0.15) is 5.89 Å². The van der Waals surface area contributed by atoms with Gasteiger partial charge in [0.25, 0.3) is 5.52 Å². The third kappa shape index (κ3) is 2.23. The summed E-state index contributed by atoms with van der Waals surface area (Å²) in [5.41, 5.74) is 1.97. The lowest BCUT2D eigenvalue weighted by Crippen LogP contribution is -2.37. The van der Waals surface area contributed by atoms with E-state index in [0.29, 0.717) is 13.2 Å². The first kappa shape index (κ1) is 11.1. The lowest BCUT2D eigenvalue weighted by Gasteiger charge is -1.98. The van der Waals surface area contributed by atoms with Gasteiger partial charge in [-0.3, -0.25) is 0 Å². The smallest absolute Gasteiger partial charge is 0.344 e. The average Bonchev–Trinajstić information content (AvgIpc) is 2.61. The minimum Gasteiger partial charge on any atom is -0.402 e. The van der Waals surface area contributed by atoms with Gasteiger partial charge in [0.15, 0.2) is 6.54 Å². The monoisotopic (exact) mass is 222 g/mol. The fourth-order valence-corrected chi connectivity index (χ4v) is 1.75. The van der Waals surface area contributed by atoms with Crippen molar-refractivity contribution in [2.75, 3.05) is 19.8 Å². The summed E-state index contributed by atoms with van der Waals surface area (Å²) < 4.78 is 12.9. The van der Waals surface area contributed by atoms with Crippen molar-refractivity contribution in [3.63, 3.8) is 0 Å². The highest BCUT2D eigenvalue weighted by molar-refractivity contribution is 5.68. The van der Waals surface area contributed by atoms with Crippen LogP contribution in [0.2, 0.25) is 0 Å². The van der Waals surface area contributed by atoms with Gasteiger partial charge in [0.2, 0.25) is 5.58 Å². The topological polar surface area (TPSA) is 46.5 Å². The largest absolute Gasteiger partial charge is 0.402 e. The number of fused-ring (bicyclic) bond motifs is 1. The molecule has 1 aromatic heterocycles. The molecular weight excluding hydrogens is 206 g/mol. The van der Waals surface area contributed by atoms with Gasteiger partial charge in [-0.2, -0.15) is 4.57 Å². The molecule has 0 amide bonds. The predicted molar refractivity (Wildman–Crippen MR) is 59.1 cm³/mol. The Balaban J connectivity index is 2.13. The number of hydrogen-bond donors (Lipinski definition) is 1. The highest BCUT2D eigenvalue weighted by Crippen LogP contribution is 2.12. The maximum absolute atomic E-state index is 8.60. The fourth-order valence-electron chi connectivity index (χ4n) is 1.75. The summed E-state index contributed by atoms with van der Waals surface area (Å²) >= 11 is 0. The van der Waals surface area contributed by atoms with Crippen molar-refractivity contribution < 1.29 is 18.8 Å². The van der Waals surface area contributed by atoms with Crippen molar-refractivity contribution >= 4 is 11.1 Å². The summed E-state index contributed by atoms with van der Waals surface area (Å²) in [5, 5.41) is 8.60. The molecule has 4 heteroatoms. The van der Waals surface area contributed by atoms with Gasteiger partial charge in [0, 0.05) is 6.07 Å². The van der Waals surface area contributed by atoms with Gasteiger partial charge < -0.3 is 14.3 Å². The molecule has 0 aliphatic rings. The van der Waals surface area contributed by atoms with Crippen molar-refractivity contribution in [1.82, 2.24) is 0 Å². The molecule has 0 bridgehead atoms. The van der Waals surface area contributed by atoms with Crippen LogP contribution in [0.25, 0.3) is 11.1 Å². The van der Waals surface area contributed by atoms with E-state index in [1.807, 2.05) is 31.2 Å². The number of hydrogen-bond acceptors (Lipinski definition) is 3. The first-order valence-corrected chi connectivity index (χ1v) is 5.39. The number of nitrogens with zero attached hydrogens (tertiary/aromatic N) is 1. The van der Waals surface area contributed by atoms with Gasteiger partial charge in [-0.1, -0.05) is 12.1 Å². The predicted octanol–water partition coefficient (Wildman–Crippen LogP) is 1.04. The van der Waals surface area contributed by atoms with E-state index in [1.165, 1.54) is 0 Å². The SMILES string of the molecule is Cc1oc2ccccc2[n+]1CCOCCO. The average molecular weight is 222 g/mol. The summed E-state index contributed by atoms with van der Waals surface area (Å²) in [6.07, 6.45) is 0. The number of aliphatic hydroxyl groups is 1. The molecule has 0 spiro atoms. The Morgan fingerprint density at radius 2 is 2.12 bits per heavy atom. The van der Waals surface area contributed by atoms with Gasteiger partial charge in [0.05, 0.1) is 20.1 Å². The summed E-state index contributed by atoms with van der Waals surface area (Å²) in [4.78, 5) is 0. The molecule has 0 unspecified atom stereocenters. The minimum absolute atomic E-state index is 0.0653. The number of aryl methyl sites for hydroxylation is 1. The fraction of sp³-hybridized carbons (Fsp3) is 0.417. The number of aliphatic hydroxyl groups excluding tert-OH is 1. The Bertz CT molecular complexity index is 464. The lowest BCUT2D eigenvalue weighted by molar-refractivity contribution is -0.684. The second-order valence-corrected chi connectivity index (χ2v) is 3.58. The van der Waals surface area contributed by atoms with E-state index in [-0.39, 0.29) is 6.61 Å². The molecule has 0 aliphatic carbocycles. The van der Waals surface area contributed by atoms with Crippen LogP contribution in [-0.2, 0) is 11.3 Å². The molecule has 16 heavy (non-hydrogen) atoms. The highest BCUT2D eigenvalue weighted by Gasteiger charge is 2.17. The van der Waals surface area contributed by atoms with E-state index in [0.717, 1.165) is 23.5 Å². The number of aromatic nitrogens is 1. The minimum atomic E-state index is 0.0653. The molecule has 1 N–H and O–H groups in total. The zero-order chi connectivity index (χ0) is 11.4. The van der Waals surface area contributed by atoms with Gasteiger partial charge >= 0.3 is 5.89 Å². The molecular formula is C12H16NO3+. The van der Waals surface area contributed by atoms with E-state index in [2.05, 4.69) is 4.57 Å². The Kier molecular flexibility index (Phi) is 3.54. The van der Waals surface area contributed by atoms with Crippen LogP contribution in [0.15, 0.2) is 28.7 Å². The standard InChI is InChI=1S/C12H16NO3/c1-10-13(6-8-15-9-7-14)11-4-2-3-5-12(11)16-10/h2-5,14H,6-9H2,1H3/q+1. The molecule has 2 aromatic rings. The summed E-state index contributed by atoms with van der Waals surface area (Å²) in [6, 6.07) is 7.92. The Morgan fingerprint density at radius 1 is 1.31 bits per heavy atom. The van der Waals surface area contributed by atoms with Crippen LogP contribution in [0.4, 0.5) is 0 Å². The summed E-state index contributed by atoms with van der Waals surface area (Å²) in [5.74, 6) is 0.869. The Hall–Kier alpha value is -1.39. The second kappa shape index (κ2) is 5.09. The molecule has 0 atom stereocenters. The van der Waals surface area contributed by atoms with Crippen LogP contribution in [0.5, 0.6) is 0 Å². The zero-order valence-corrected chi connectivity index (χ0v) is 9.35. The van der Waals surface area contributed by atoms with Crippen LogP contribution in [0.3, 0.4) is 0 Å². The first-order chi connectivity index (χ1) is 7.83. The van der Waals surface area contributed by atoms with Crippen LogP contribution >= 0.6 is 0 Å². The number of benzene rings is 1. The quantitative estimate of drug-likeness (QED) is 0.607. The maximum atomic E-state index is 8.60. The molecule has 1 aromatic carbocycles. The molecule has 0 radical (unpaired) electrons. The molecule has 0 saturated heterocycles. The summed E-state index contributed by atoms with van der Waals surface area (Å²) in [7, 11) is 0. The Morgan fingerprint density at radius 3 is 2.94 bits per heavy atom. The van der Waals surface area contributed by atoms with E-state index in [9.17, 15) is 0 Å². The third-order valence-electron chi connectivity index (χ3n) is 2.49. The molecule has 2 rings (SSSR count). The van der Waals surface area contributed by atoms with Gasteiger partial charge in [0.1, 0.15) is 6.61 Å². The molecule has 0 aliphatic heterocycles. The van der Waals surface area contributed by atoms with E-state index in [1.54, 1.807) is 0 Å². The van der Waals surface area contributed by atoms with Gasteiger partial charge in [-0.25, -0.2) is 0 Å². The van der Waals surface area contributed by atoms with Crippen LogP contribution in [0, 0.1) is 6.92 Å². The molecule has 0 saturated carbocycles. The Labute approximate surface area is 94.1 Å². The number of oxazole rings is 1. The third-order valence-corrected chi connectivity index (χ3v) is 2.49. The van der Waals surface area contributed by atoms with Crippen molar-refractivity contribution in [2.24, 2.45) is 0 Å². The van der Waals surface area contributed by atoms with E-state index in [4.69, 9.17) is 14.3 Å². The normalized spacial score (nSPS) is 11.1. The van der Waals surface area contributed by atoms with E-state index >= 15 is 0 Å². The van der Waals surface area contributed by atoms with Crippen molar-refractivity contribution in [3.05, 3.63) is 30.2 Å². The number of para-hydroxylation sites is 2. The lowest BCUT2D eigenvalue weighted by atomic mass is 10.3. The van der Waals surface area contributed by atoms with Crippen molar-refractivity contribution in [3.8, 4) is 0 Å². The number of ether oxygens (including phenoxy) is 1. The molecule has 1 heterocycles. The highest BCUT2D eigenvalue weighted by atomic mass is 16.5. The summed E-state index contributed by atoms with van der Waals surface area (Å²) in [6.45, 7) is 3.70. The van der Waals surface area contributed by atoms with Gasteiger partial charge in [-0.15, -0.1) is 0 Å². The van der Waals surface area contributed by atoms with Crippen molar-refractivity contribution in [1.29, 1.82) is 0 Å². The second-order valence-electron chi connectivity index (χ2n) is 3.58. The van der Waals surface area contributed by atoms with E-state index < -0.39 is 0 Å². The number of rotatable bonds is 5. The zero-order valence-electron chi connectivity index (χ0n) is 9.35. The van der Waals surface area contributed by atoms with Crippen LogP contribution < -0.4 is 4.57 Å². The van der Waals surface area contributed by atoms with Crippen LogP contribution in [-0.4, -0.2) is 24.9 Å². The maximum Gasteiger partial charge on any atom is 0.344 e.